The fourth-order valence-electron chi connectivity index (χ4n) is 3.07. The number of hydrogen-bond donors (Lipinski definition) is 0. The van der Waals surface area contributed by atoms with Gasteiger partial charge in [0.25, 0.3) is 0 Å². The Hall–Kier alpha value is -1.02. The Bertz CT molecular complexity index is 296. The van der Waals surface area contributed by atoms with Crippen molar-refractivity contribution >= 4 is 5.78 Å². The van der Waals surface area contributed by atoms with E-state index in [4.69, 9.17) is 5.53 Å². The monoisotopic (exact) mass is 193 g/mol. The molecule has 14 heavy (non-hydrogen) atoms. The van der Waals surface area contributed by atoms with Crippen LogP contribution in [0, 0.1) is 11.3 Å². The number of rotatable bonds is 3. The summed E-state index contributed by atoms with van der Waals surface area (Å²) in [6.45, 7) is 0.552. The van der Waals surface area contributed by atoms with Crippen LogP contribution in [-0.2, 0) is 4.79 Å². The summed E-state index contributed by atoms with van der Waals surface area (Å²) in [7, 11) is 0. The Morgan fingerprint density at radius 2 is 2.43 bits per heavy atom. The number of nitrogens with zero attached hydrogens (tertiary/aromatic N) is 3. The molecule has 0 saturated heterocycles. The lowest BCUT2D eigenvalue weighted by Gasteiger charge is -2.41. The molecule has 0 aromatic rings. The van der Waals surface area contributed by atoms with Gasteiger partial charge in [0.2, 0.25) is 0 Å². The minimum absolute atomic E-state index is 0.0188. The van der Waals surface area contributed by atoms with Crippen LogP contribution in [0.5, 0.6) is 0 Å². The van der Waals surface area contributed by atoms with Crippen LogP contribution in [0.25, 0.3) is 10.4 Å². The summed E-state index contributed by atoms with van der Waals surface area (Å²) in [6.07, 6.45) is 6.15. The van der Waals surface area contributed by atoms with E-state index in [1.807, 2.05) is 0 Å². The molecule has 2 rings (SSSR count). The lowest BCUT2D eigenvalue weighted by atomic mass is 9.61. The highest BCUT2D eigenvalue weighted by atomic mass is 16.1. The number of carbonyl (C=O) groups excluding carboxylic acids is 1. The predicted molar refractivity (Wildman–Crippen MR) is 52.6 cm³/mol. The van der Waals surface area contributed by atoms with Crippen molar-refractivity contribution in [2.24, 2.45) is 16.4 Å². The molecule has 0 N–H and O–H groups in total. The highest BCUT2D eigenvalue weighted by Gasteiger charge is 2.53. The first kappa shape index (κ1) is 9.53. The van der Waals surface area contributed by atoms with Crippen LogP contribution in [0.2, 0.25) is 0 Å². The Labute approximate surface area is 83.3 Å². The molecule has 4 heteroatoms. The largest absolute Gasteiger partial charge is 0.299 e. The number of carbonyl (C=O) groups is 1. The molecule has 2 unspecified atom stereocenters. The zero-order valence-electron chi connectivity index (χ0n) is 8.28. The Kier molecular flexibility index (Phi) is 2.46. The Morgan fingerprint density at radius 3 is 3.00 bits per heavy atom. The summed E-state index contributed by atoms with van der Waals surface area (Å²) in [5, 5.41) is 3.55. The molecule has 2 atom stereocenters. The molecule has 0 radical (unpaired) electrons. The van der Waals surface area contributed by atoms with Crippen LogP contribution in [0.1, 0.15) is 38.5 Å². The van der Waals surface area contributed by atoms with Gasteiger partial charge in [-0.15, -0.1) is 0 Å². The minimum Gasteiger partial charge on any atom is -0.299 e. The molecular formula is C10H15N3O. The molecule has 0 aromatic carbocycles. The molecule has 2 fully saturated rings. The molecule has 2 saturated carbocycles. The van der Waals surface area contributed by atoms with E-state index in [2.05, 4.69) is 10.0 Å². The maximum Gasteiger partial charge on any atom is 0.139 e. The van der Waals surface area contributed by atoms with Crippen LogP contribution >= 0.6 is 0 Å². The van der Waals surface area contributed by atoms with Gasteiger partial charge in [-0.05, 0) is 37.1 Å². The molecule has 0 aromatic heterocycles. The number of ketones is 1. The van der Waals surface area contributed by atoms with Crippen molar-refractivity contribution in [3.63, 3.8) is 0 Å². The number of azide groups is 1. The van der Waals surface area contributed by atoms with Crippen LogP contribution in [-0.4, -0.2) is 12.3 Å². The summed E-state index contributed by atoms with van der Waals surface area (Å²) >= 11 is 0. The molecule has 2 aliphatic carbocycles. The zero-order valence-corrected chi connectivity index (χ0v) is 8.28. The highest BCUT2D eigenvalue weighted by molar-refractivity contribution is 5.91. The number of hydrogen-bond acceptors (Lipinski definition) is 2. The van der Waals surface area contributed by atoms with Gasteiger partial charge in [0.05, 0.1) is 0 Å². The van der Waals surface area contributed by atoms with Gasteiger partial charge in [0.1, 0.15) is 5.78 Å². The van der Waals surface area contributed by atoms with E-state index in [9.17, 15) is 4.79 Å². The second-order valence-electron chi connectivity index (χ2n) is 4.41. The van der Waals surface area contributed by atoms with Crippen molar-refractivity contribution in [1.29, 1.82) is 0 Å². The van der Waals surface area contributed by atoms with Gasteiger partial charge in [-0.1, -0.05) is 11.5 Å². The van der Waals surface area contributed by atoms with E-state index in [1.54, 1.807) is 0 Å². The quantitative estimate of drug-likeness (QED) is 0.386. The molecule has 2 aliphatic rings. The van der Waals surface area contributed by atoms with Gasteiger partial charge in [0.15, 0.2) is 0 Å². The standard InChI is InChI=1S/C10H15N3O/c11-13-12-7-4-8-2-1-5-10(8)6-3-9(10)14/h8H,1-7H2. The molecule has 0 amide bonds. The van der Waals surface area contributed by atoms with Crippen LogP contribution < -0.4 is 0 Å². The predicted octanol–water partition coefficient (Wildman–Crippen LogP) is 2.84. The highest BCUT2D eigenvalue weighted by Crippen LogP contribution is 2.55. The van der Waals surface area contributed by atoms with E-state index < -0.39 is 0 Å². The van der Waals surface area contributed by atoms with Gasteiger partial charge in [-0.25, -0.2) is 0 Å². The Balaban J connectivity index is 1.97. The van der Waals surface area contributed by atoms with E-state index >= 15 is 0 Å². The van der Waals surface area contributed by atoms with E-state index in [1.165, 1.54) is 6.42 Å². The Morgan fingerprint density at radius 1 is 1.57 bits per heavy atom. The summed E-state index contributed by atoms with van der Waals surface area (Å²) in [4.78, 5) is 14.3. The third-order valence-electron chi connectivity index (χ3n) is 3.95. The van der Waals surface area contributed by atoms with E-state index in [0.717, 1.165) is 32.1 Å². The van der Waals surface area contributed by atoms with Crippen molar-refractivity contribution in [2.75, 3.05) is 6.54 Å². The van der Waals surface area contributed by atoms with E-state index in [0.29, 0.717) is 18.2 Å². The molecular weight excluding hydrogens is 178 g/mol. The smallest absolute Gasteiger partial charge is 0.139 e. The molecule has 0 bridgehead atoms. The summed E-state index contributed by atoms with van der Waals surface area (Å²) in [6, 6.07) is 0. The fraction of sp³-hybridized carbons (Fsp3) is 0.900. The molecule has 0 aliphatic heterocycles. The van der Waals surface area contributed by atoms with Crippen LogP contribution in [0.3, 0.4) is 0 Å². The van der Waals surface area contributed by atoms with Crippen molar-refractivity contribution < 1.29 is 4.79 Å². The first-order chi connectivity index (χ1) is 6.79. The van der Waals surface area contributed by atoms with Crippen molar-refractivity contribution in [2.45, 2.75) is 38.5 Å². The van der Waals surface area contributed by atoms with Crippen LogP contribution in [0.4, 0.5) is 0 Å². The third-order valence-corrected chi connectivity index (χ3v) is 3.95. The second kappa shape index (κ2) is 3.62. The van der Waals surface area contributed by atoms with Crippen molar-refractivity contribution in [3.8, 4) is 0 Å². The average molecular weight is 193 g/mol. The van der Waals surface area contributed by atoms with Gasteiger partial charge in [-0.2, -0.15) is 0 Å². The van der Waals surface area contributed by atoms with Crippen LogP contribution in [0.15, 0.2) is 5.11 Å². The molecule has 76 valence electrons. The molecule has 0 heterocycles. The SMILES string of the molecule is [N-]=[N+]=NCCC1CCCC12CCC2=O. The summed E-state index contributed by atoms with van der Waals surface area (Å²) in [5.41, 5.74) is 8.20. The second-order valence-corrected chi connectivity index (χ2v) is 4.41. The van der Waals surface area contributed by atoms with Crippen molar-refractivity contribution in [1.82, 2.24) is 0 Å². The van der Waals surface area contributed by atoms with Gasteiger partial charge < -0.3 is 0 Å². The average Bonchev–Trinajstić information content (AvgIpc) is 2.62. The van der Waals surface area contributed by atoms with Gasteiger partial charge in [0, 0.05) is 23.3 Å². The maximum absolute atomic E-state index is 11.6. The minimum atomic E-state index is 0.0188. The lowest BCUT2D eigenvalue weighted by Crippen LogP contribution is -2.43. The maximum atomic E-state index is 11.6. The molecule has 1 spiro atoms. The molecule has 4 nitrogen and oxygen atoms in total. The lowest BCUT2D eigenvalue weighted by molar-refractivity contribution is -0.141. The van der Waals surface area contributed by atoms with E-state index in [-0.39, 0.29) is 5.41 Å². The van der Waals surface area contributed by atoms with Crippen molar-refractivity contribution in [3.05, 3.63) is 10.4 Å². The third kappa shape index (κ3) is 1.30. The number of Topliss-reactive ketones (excluding diaryl/α,β-unsaturated/α-hetero) is 1. The van der Waals surface area contributed by atoms with Gasteiger partial charge >= 0.3 is 0 Å². The zero-order chi connectivity index (χ0) is 10.0. The first-order valence-corrected chi connectivity index (χ1v) is 5.34. The topological polar surface area (TPSA) is 65.8 Å². The summed E-state index contributed by atoms with van der Waals surface area (Å²) < 4.78 is 0. The van der Waals surface area contributed by atoms with Gasteiger partial charge in [-0.3, -0.25) is 4.79 Å². The summed E-state index contributed by atoms with van der Waals surface area (Å²) in [5.74, 6) is 0.954. The fourth-order valence-corrected chi connectivity index (χ4v) is 3.07. The first-order valence-electron chi connectivity index (χ1n) is 5.34. The normalized spacial score (nSPS) is 35.4.